The first-order valence-electron chi connectivity index (χ1n) is 12.6. The predicted molar refractivity (Wildman–Crippen MR) is 137 cm³/mol. The summed E-state index contributed by atoms with van der Waals surface area (Å²) in [6.07, 6.45) is -9.70. The highest BCUT2D eigenvalue weighted by Gasteiger charge is 2.71. The number of amides is 2. The van der Waals surface area contributed by atoms with Crippen LogP contribution in [0, 0.1) is 11.7 Å². The van der Waals surface area contributed by atoms with Crippen LogP contribution in [0.1, 0.15) is 36.5 Å². The molecule has 220 valence electrons. The van der Waals surface area contributed by atoms with Gasteiger partial charge in [0.15, 0.2) is 0 Å². The molecule has 40 heavy (non-hydrogen) atoms. The highest BCUT2D eigenvalue weighted by atomic mass is 19.4. The van der Waals surface area contributed by atoms with Crippen LogP contribution < -0.4 is 10.6 Å². The van der Waals surface area contributed by atoms with Crippen LogP contribution in [0.5, 0.6) is 0 Å². The molecule has 3 N–H and O–H groups in total. The number of benzene rings is 2. The van der Waals surface area contributed by atoms with Crippen molar-refractivity contribution in [1.29, 1.82) is 0 Å². The average molecular weight is 577 g/mol. The van der Waals surface area contributed by atoms with Gasteiger partial charge in [-0.15, -0.1) is 0 Å². The average Bonchev–Trinajstić information content (AvgIpc) is 2.88. The number of halogens is 7. The monoisotopic (exact) mass is 576 g/mol. The van der Waals surface area contributed by atoms with Crippen LogP contribution in [0.25, 0.3) is 0 Å². The molecule has 6 nitrogen and oxygen atoms in total. The Kier molecular flexibility index (Phi) is 9.83. The number of urea groups is 1. The van der Waals surface area contributed by atoms with Gasteiger partial charge in [0.05, 0.1) is 12.2 Å². The van der Waals surface area contributed by atoms with Crippen LogP contribution >= 0.6 is 0 Å². The van der Waals surface area contributed by atoms with Gasteiger partial charge in [0.25, 0.3) is 5.60 Å². The fourth-order valence-corrected chi connectivity index (χ4v) is 4.52. The van der Waals surface area contributed by atoms with E-state index >= 15 is 0 Å². The zero-order valence-electron chi connectivity index (χ0n) is 22.0. The van der Waals surface area contributed by atoms with E-state index in [1.165, 1.54) is 12.1 Å². The quantitative estimate of drug-likeness (QED) is 0.275. The van der Waals surface area contributed by atoms with Gasteiger partial charge in [0.1, 0.15) is 5.82 Å². The molecule has 2 aromatic carbocycles. The number of hydrogen-bond acceptors (Lipinski definition) is 4. The molecule has 0 unspecified atom stereocenters. The molecule has 13 heteroatoms. The molecular formula is C27H31F7N4O2. The molecule has 0 atom stereocenters. The van der Waals surface area contributed by atoms with E-state index in [-0.39, 0.29) is 18.2 Å². The summed E-state index contributed by atoms with van der Waals surface area (Å²) in [6, 6.07) is 7.69. The number of aliphatic hydroxyl groups is 1. The lowest BCUT2D eigenvalue weighted by Crippen LogP contribution is -2.53. The molecule has 1 fully saturated rings. The van der Waals surface area contributed by atoms with E-state index in [1.54, 1.807) is 20.0 Å². The van der Waals surface area contributed by atoms with Crippen molar-refractivity contribution in [2.24, 2.45) is 10.9 Å². The van der Waals surface area contributed by atoms with Crippen LogP contribution in [0.4, 0.5) is 41.2 Å². The van der Waals surface area contributed by atoms with E-state index in [2.05, 4.69) is 15.6 Å². The fourth-order valence-electron chi connectivity index (χ4n) is 4.52. The Morgan fingerprint density at radius 1 is 1.00 bits per heavy atom. The Morgan fingerprint density at radius 2 is 1.57 bits per heavy atom. The highest BCUT2D eigenvalue weighted by molar-refractivity contribution is 5.93. The summed E-state index contributed by atoms with van der Waals surface area (Å²) >= 11 is 0. The first kappa shape index (κ1) is 31.3. The molecule has 1 saturated heterocycles. The van der Waals surface area contributed by atoms with Gasteiger partial charge in [0.2, 0.25) is 0 Å². The minimum absolute atomic E-state index is 0.0529. The van der Waals surface area contributed by atoms with Gasteiger partial charge in [-0.25, -0.2) is 9.18 Å². The van der Waals surface area contributed by atoms with Gasteiger partial charge in [-0.1, -0.05) is 30.3 Å². The number of hydrogen-bond donors (Lipinski definition) is 3. The van der Waals surface area contributed by atoms with Crippen molar-refractivity contribution in [3.63, 3.8) is 0 Å². The molecule has 0 bridgehead atoms. The van der Waals surface area contributed by atoms with Crippen molar-refractivity contribution in [2.75, 3.05) is 32.0 Å². The molecule has 2 amide bonds. The third-order valence-electron chi connectivity index (χ3n) is 7.00. The van der Waals surface area contributed by atoms with Gasteiger partial charge >= 0.3 is 18.4 Å². The maximum atomic E-state index is 14.6. The molecule has 3 rings (SSSR count). The second-order valence-corrected chi connectivity index (χ2v) is 9.91. The van der Waals surface area contributed by atoms with Crippen LogP contribution in [0.15, 0.2) is 47.5 Å². The third kappa shape index (κ3) is 7.51. The summed E-state index contributed by atoms with van der Waals surface area (Å²) < 4.78 is 93.1. The number of piperidine rings is 1. The van der Waals surface area contributed by atoms with Crippen molar-refractivity contribution < 1.29 is 40.6 Å². The van der Waals surface area contributed by atoms with Crippen molar-refractivity contribution in [1.82, 2.24) is 10.2 Å². The maximum absolute atomic E-state index is 14.6. The molecule has 0 saturated carbocycles. The number of nitrogens with zero attached hydrogens (tertiary/aromatic N) is 2. The Balaban J connectivity index is 1.52. The summed E-state index contributed by atoms with van der Waals surface area (Å²) in [5, 5.41) is 14.6. The largest absolute Gasteiger partial charge is 0.430 e. The van der Waals surface area contributed by atoms with E-state index in [4.69, 9.17) is 0 Å². The summed E-state index contributed by atoms with van der Waals surface area (Å²) in [5.41, 5.74) is -4.18. The van der Waals surface area contributed by atoms with Gasteiger partial charge in [-0.3, -0.25) is 9.89 Å². The van der Waals surface area contributed by atoms with Crippen molar-refractivity contribution in [2.45, 2.75) is 50.7 Å². The van der Waals surface area contributed by atoms with E-state index in [0.29, 0.717) is 43.8 Å². The summed E-state index contributed by atoms with van der Waals surface area (Å²) in [7, 11) is 1.60. The number of alkyl halides is 6. The lowest BCUT2D eigenvalue weighted by atomic mass is 9.89. The third-order valence-corrected chi connectivity index (χ3v) is 7.00. The van der Waals surface area contributed by atoms with Gasteiger partial charge < -0.3 is 15.7 Å². The van der Waals surface area contributed by atoms with Gasteiger partial charge in [-0.2, -0.15) is 26.3 Å². The second kappa shape index (κ2) is 12.5. The molecule has 0 aromatic heterocycles. The first-order chi connectivity index (χ1) is 18.6. The van der Waals surface area contributed by atoms with E-state index in [1.807, 2.05) is 4.90 Å². The number of aliphatic imine (C=N–C) groups is 1. The summed E-state index contributed by atoms with van der Waals surface area (Å²) in [5.74, 6) is -0.303. The fraction of sp³-hybridized carbons (Fsp3) is 0.481. The minimum atomic E-state index is -5.92. The van der Waals surface area contributed by atoms with Crippen molar-refractivity contribution in [3.05, 3.63) is 65.0 Å². The zero-order chi connectivity index (χ0) is 29.7. The standard InChI is InChI=1S/C27H31F7N4O2/c1-17(35-2)15-36-24(39)37-23-8-5-20(14-22(23)28)13-18-9-11-38(12-10-18)16-19-3-6-21(7-4-19)25(40,26(29,30)31)27(32,33)34/h3-8,14,18,40H,9-13,15-16H2,1-2H3,(H2,36,37,39)/b35-17+. The van der Waals surface area contributed by atoms with Crippen molar-refractivity contribution >= 4 is 17.4 Å². The normalized spacial score (nSPS) is 16.2. The molecule has 0 aliphatic carbocycles. The van der Waals surface area contributed by atoms with Crippen molar-refractivity contribution in [3.8, 4) is 0 Å². The number of rotatable bonds is 8. The SMILES string of the molecule is C/N=C(\C)CNC(=O)Nc1ccc(CC2CCN(Cc3ccc(C(O)(C(F)(F)F)C(F)(F)F)cc3)CC2)cc1F. The predicted octanol–water partition coefficient (Wildman–Crippen LogP) is 5.80. The molecule has 1 aliphatic rings. The van der Waals surface area contributed by atoms with E-state index in [9.17, 15) is 40.6 Å². The molecule has 0 spiro atoms. The Hall–Kier alpha value is -3.19. The zero-order valence-corrected chi connectivity index (χ0v) is 22.0. The maximum Gasteiger partial charge on any atom is 0.430 e. The number of nitrogens with one attached hydrogen (secondary N) is 2. The number of carbonyl (C=O) groups is 1. The van der Waals surface area contributed by atoms with E-state index < -0.39 is 35.4 Å². The topological polar surface area (TPSA) is 77.0 Å². The molecule has 1 aliphatic heterocycles. The Labute approximate surface area is 227 Å². The number of carbonyl (C=O) groups excluding carboxylic acids is 1. The molecule has 1 heterocycles. The molecular weight excluding hydrogens is 545 g/mol. The Morgan fingerprint density at radius 3 is 2.10 bits per heavy atom. The Bertz CT molecular complexity index is 1170. The number of likely N-dealkylation sites (tertiary alicyclic amines) is 1. The highest BCUT2D eigenvalue weighted by Crippen LogP contribution is 2.50. The summed E-state index contributed by atoms with van der Waals surface area (Å²) in [6.45, 7) is 3.60. The minimum Gasteiger partial charge on any atom is -0.369 e. The first-order valence-corrected chi connectivity index (χ1v) is 12.6. The molecule has 2 aromatic rings. The second-order valence-electron chi connectivity index (χ2n) is 9.91. The summed E-state index contributed by atoms with van der Waals surface area (Å²) in [4.78, 5) is 17.9. The van der Waals surface area contributed by atoms with Gasteiger partial charge in [0, 0.05) is 24.9 Å². The van der Waals surface area contributed by atoms with Gasteiger partial charge in [-0.05, 0) is 68.5 Å². The number of anilines is 1. The lowest BCUT2D eigenvalue weighted by Gasteiger charge is -2.33. The van der Waals surface area contributed by atoms with Crippen LogP contribution in [0.3, 0.4) is 0 Å². The molecule has 0 radical (unpaired) electrons. The lowest BCUT2D eigenvalue weighted by molar-refractivity contribution is -0.376. The van der Waals surface area contributed by atoms with Crippen LogP contribution in [-0.4, -0.2) is 60.8 Å². The smallest absolute Gasteiger partial charge is 0.369 e. The van der Waals surface area contributed by atoms with Crippen LogP contribution in [-0.2, 0) is 18.6 Å². The van der Waals surface area contributed by atoms with Crippen LogP contribution in [0.2, 0.25) is 0 Å². The van der Waals surface area contributed by atoms with E-state index in [0.717, 1.165) is 36.2 Å².